The van der Waals surface area contributed by atoms with Gasteiger partial charge in [-0.1, -0.05) is 11.6 Å². The highest BCUT2D eigenvalue weighted by atomic mass is 35.5. The van der Waals surface area contributed by atoms with Crippen molar-refractivity contribution in [3.8, 4) is 21.9 Å². The smallest absolute Gasteiger partial charge is 0.162 e. The average Bonchev–Trinajstić information content (AvgIpc) is 2.69. The Morgan fingerprint density at radius 1 is 1.11 bits per heavy atom. The molecule has 18 heavy (non-hydrogen) atoms. The number of nitrogen functional groups attached to an aromatic ring is 1. The zero-order valence-electron chi connectivity index (χ0n) is 10.4. The van der Waals surface area contributed by atoms with Gasteiger partial charge >= 0.3 is 0 Å². The molecule has 0 saturated heterocycles. The molecule has 2 aromatic rings. The molecule has 0 bridgehead atoms. The third kappa shape index (κ3) is 2.26. The lowest BCUT2D eigenvalue weighted by atomic mass is 10.1. The van der Waals surface area contributed by atoms with Gasteiger partial charge in [-0.2, -0.15) is 0 Å². The van der Waals surface area contributed by atoms with Crippen LogP contribution in [0, 0.1) is 6.92 Å². The van der Waals surface area contributed by atoms with Crippen LogP contribution >= 0.6 is 22.9 Å². The summed E-state index contributed by atoms with van der Waals surface area (Å²) in [5.41, 5.74) is 8.64. The Hall–Kier alpha value is -1.39. The number of halogens is 1. The lowest BCUT2D eigenvalue weighted by Crippen LogP contribution is -1.95. The highest BCUT2D eigenvalue weighted by Crippen LogP contribution is 2.41. The molecule has 0 aliphatic carbocycles. The van der Waals surface area contributed by atoms with Gasteiger partial charge in [-0.15, -0.1) is 11.3 Å². The monoisotopic (exact) mass is 283 g/mol. The van der Waals surface area contributed by atoms with Gasteiger partial charge in [-0.3, -0.25) is 0 Å². The van der Waals surface area contributed by atoms with Crippen LogP contribution in [-0.2, 0) is 0 Å². The van der Waals surface area contributed by atoms with E-state index >= 15 is 0 Å². The quantitative estimate of drug-likeness (QED) is 0.867. The summed E-state index contributed by atoms with van der Waals surface area (Å²) in [6.07, 6.45) is 0. The molecule has 2 N–H and O–H groups in total. The van der Waals surface area contributed by atoms with Gasteiger partial charge in [0.05, 0.1) is 18.6 Å². The van der Waals surface area contributed by atoms with E-state index in [2.05, 4.69) is 0 Å². The second kappa shape index (κ2) is 5.08. The van der Waals surface area contributed by atoms with Gasteiger partial charge in [0, 0.05) is 22.2 Å². The number of ether oxygens (including phenoxy) is 2. The van der Waals surface area contributed by atoms with Crippen molar-refractivity contribution in [1.29, 1.82) is 0 Å². The summed E-state index contributed by atoms with van der Waals surface area (Å²) >= 11 is 7.59. The maximum absolute atomic E-state index is 6.09. The number of benzene rings is 1. The van der Waals surface area contributed by atoms with Crippen LogP contribution in [0.5, 0.6) is 11.5 Å². The van der Waals surface area contributed by atoms with Crippen molar-refractivity contribution in [3.05, 3.63) is 28.1 Å². The minimum absolute atomic E-state index is 0.623. The molecule has 1 aromatic heterocycles. The fraction of sp³-hybridized carbons (Fsp3) is 0.231. The first-order valence-corrected chi connectivity index (χ1v) is 6.54. The van der Waals surface area contributed by atoms with Crippen LogP contribution in [0.15, 0.2) is 18.2 Å². The van der Waals surface area contributed by atoms with Crippen molar-refractivity contribution in [2.24, 2.45) is 0 Å². The Balaban J connectivity index is 2.57. The van der Waals surface area contributed by atoms with Gasteiger partial charge in [0.2, 0.25) is 0 Å². The van der Waals surface area contributed by atoms with Crippen LogP contribution in [0.2, 0.25) is 4.34 Å². The first kappa shape index (κ1) is 13.1. The molecule has 2 rings (SSSR count). The molecule has 5 heteroatoms. The second-order valence-corrected chi connectivity index (χ2v) is 5.52. The third-order valence-corrected chi connectivity index (χ3v) is 4.27. The van der Waals surface area contributed by atoms with Gasteiger partial charge < -0.3 is 15.2 Å². The summed E-state index contributed by atoms with van der Waals surface area (Å²) in [6.45, 7) is 1.97. The molecule has 0 aliphatic rings. The minimum atomic E-state index is 0.623. The van der Waals surface area contributed by atoms with Gasteiger partial charge in [0.1, 0.15) is 0 Å². The number of thiophene rings is 1. The summed E-state index contributed by atoms with van der Waals surface area (Å²) in [4.78, 5) is 1.02. The Labute approximate surface area is 115 Å². The predicted molar refractivity (Wildman–Crippen MR) is 77.0 cm³/mol. The van der Waals surface area contributed by atoms with Gasteiger partial charge in [-0.05, 0) is 24.6 Å². The fourth-order valence-electron chi connectivity index (χ4n) is 1.70. The Bertz CT molecular complexity index is 561. The average molecular weight is 284 g/mol. The van der Waals surface area contributed by atoms with E-state index in [0.29, 0.717) is 17.2 Å². The lowest BCUT2D eigenvalue weighted by Gasteiger charge is -2.11. The number of rotatable bonds is 3. The van der Waals surface area contributed by atoms with E-state index < -0.39 is 0 Å². The van der Waals surface area contributed by atoms with Crippen molar-refractivity contribution in [2.75, 3.05) is 20.0 Å². The van der Waals surface area contributed by atoms with Gasteiger partial charge in [-0.25, -0.2) is 0 Å². The van der Waals surface area contributed by atoms with E-state index in [0.717, 1.165) is 20.3 Å². The molecule has 0 spiro atoms. The topological polar surface area (TPSA) is 44.5 Å². The molecule has 1 heterocycles. The number of hydrogen-bond acceptors (Lipinski definition) is 4. The van der Waals surface area contributed by atoms with Crippen LogP contribution in [0.1, 0.15) is 5.56 Å². The first-order chi connectivity index (χ1) is 8.56. The minimum Gasteiger partial charge on any atom is -0.493 e. The van der Waals surface area contributed by atoms with Crippen molar-refractivity contribution in [3.63, 3.8) is 0 Å². The molecule has 0 saturated carbocycles. The molecule has 0 aliphatic heterocycles. The van der Waals surface area contributed by atoms with Crippen LogP contribution in [-0.4, -0.2) is 14.2 Å². The molecular formula is C13H14ClNO2S. The largest absolute Gasteiger partial charge is 0.493 e. The highest BCUT2D eigenvalue weighted by Gasteiger charge is 2.13. The molecular weight excluding hydrogens is 270 g/mol. The van der Waals surface area contributed by atoms with E-state index in [9.17, 15) is 0 Å². The van der Waals surface area contributed by atoms with Crippen LogP contribution in [0.3, 0.4) is 0 Å². The summed E-state index contributed by atoms with van der Waals surface area (Å²) in [5, 5.41) is 0. The van der Waals surface area contributed by atoms with Crippen LogP contribution in [0.25, 0.3) is 10.4 Å². The number of anilines is 1. The van der Waals surface area contributed by atoms with E-state index in [-0.39, 0.29) is 0 Å². The zero-order chi connectivity index (χ0) is 13.3. The first-order valence-electron chi connectivity index (χ1n) is 5.34. The maximum atomic E-state index is 6.09. The lowest BCUT2D eigenvalue weighted by molar-refractivity contribution is 0.355. The molecule has 0 unspecified atom stereocenters. The highest BCUT2D eigenvalue weighted by molar-refractivity contribution is 7.19. The number of nitrogens with two attached hydrogens (primary N) is 1. The van der Waals surface area contributed by atoms with Crippen LogP contribution in [0.4, 0.5) is 5.69 Å². The van der Waals surface area contributed by atoms with E-state index in [1.165, 1.54) is 11.3 Å². The molecule has 0 fully saturated rings. The summed E-state index contributed by atoms with van der Waals surface area (Å²) in [7, 11) is 3.19. The van der Waals surface area contributed by atoms with Crippen molar-refractivity contribution >= 4 is 28.6 Å². The SMILES string of the molecule is COc1cc(N)c(-c2cc(C)c(Cl)s2)cc1OC. The standard InChI is InChI=1S/C13H14ClNO2S/c1-7-4-12(18-13(7)14)8-5-10(16-2)11(17-3)6-9(8)15/h4-6H,15H2,1-3H3. The van der Waals surface area contributed by atoms with Gasteiger partial charge in [0.25, 0.3) is 0 Å². The maximum Gasteiger partial charge on any atom is 0.162 e. The molecule has 1 aromatic carbocycles. The molecule has 3 nitrogen and oxygen atoms in total. The second-order valence-electron chi connectivity index (χ2n) is 3.86. The third-order valence-electron chi connectivity index (χ3n) is 2.68. The molecule has 0 atom stereocenters. The summed E-state index contributed by atoms with van der Waals surface area (Å²) in [5.74, 6) is 1.28. The Morgan fingerprint density at radius 3 is 2.22 bits per heavy atom. The van der Waals surface area contributed by atoms with Crippen molar-refractivity contribution in [1.82, 2.24) is 0 Å². The summed E-state index contributed by atoms with van der Waals surface area (Å²) < 4.78 is 11.3. The molecule has 96 valence electrons. The van der Waals surface area contributed by atoms with E-state index in [1.54, 1.807) is 20.3 Å². The zero-order valence-corrected chi connectivity index (χ0v) is 12.0. The van der Waals surface area contributed by atoms with Crippen molar-refractivity contribution in [2.45, 2.75) is 6.92 Å². The predicted octanol–water partition coefficient (Wildman–Crippen LogP) is 3.98. The normalized spacial score (nSPS) is 10.4. The molecule has 0 radical (unpaired) electrons. The Kier molecular flexibility index (Phi) is 3.68. The molecule has 0 amide bonds. The number of aryl methyl sites for hydroxylation is 1. The van der Waals surface area contributed by atoms with Crippen molar-refractivity contribution < 1.29 is 9.47 Å². The van der Waals surface area contributed by atoms with Crippen LogP contribution < -0.4 is 15.2 Å². The summed E-state index contributed by atoms with van der Waals surface area (Å²) in [6, 6.07) is 5.65. The Morgan fingerprint density at radius 2 is 1.72 bits per heavy atom. The fourth-order valence-corrected chi connectivity index (χ4v) is 2.94. The number of hydrogen-bond donors (Lipinski definition) is 1. The van der Waals surface area contributed by atoms with E-state index in [4.69, 9.17) is 26.8 Å². The number of methoxy groups -OCH3 is 2. The van der Waals surface area contributed by atoms with E-state index in [1.807, 2.05) is 19.1 Å². The van der Waals surface area contributed by atoms with Gasteiger partial charge in [0.15, 0.2) is 11.5 Å².